The van der Waals surface area contributed by atoms with Gasteiger partial charge in [0.25, 0.3) is 11.8 Å². The van der Waals surface area contributed by atoms with Crippen LogP contribution in [0, 0.1) is 0 Å². The van der Waals surface area contributed by atoms with Crippen LogP contribution in [0.3, 0.4) is 0 Å². The van der Waals surface area contributed by atoms with Crippen molar-refractivity contribution in [1.29, 1.82) is 0 Å². The third-order valence-corrected chi connectivity index (χ3v) is 5.91. The summed E-state index contributed by atoms with van der Waals surface area (Å²) in [5.74, 6) is -38.9. The van der Waals surface area contributed by atoms with E-state index in [1.807, 2.05) is 0 Å². The van der Waals surface area contributed by atoms with Gasteiger partial charge in [-0.1, -0.05) is 36.4 Å². The van der Waals surface area contributed by atoms with Crippen LogP contribution in [0.5, 0.6) is 5.75 Å². The van der Waals surface area contributed by atoms with E-state index in [1.165, 1.54) is 54.6 Å². The molecule has 0 unspecified atom stereocenters. The Morgan fingerprint density at radius 3 is 1.59 bits per heavy atom. The molecule has 0 fully saturated rings. The van der Waals surface area contributed by atoms with Crippen molar-refractivity contribution in [2.45, 2.75) is 36.0 Å². The molecule has 44 heavy (non-hydrogen) atoms. The van der Waals surface area contributed by atoms with Gasteiger partial charge >= 0.3 is 36.0 Å². The molecule has 2 amide bonds. The summed E-state index contributed by atoms with van der Waals surface area (Å²) in [6, 6.07) is 16.8. The second-order valence-corrected chi connectivity index (χ2v) is 8.99. The van der Waals surface area contributed by atoms with Gasteiger partial charge in [0, 0.05) is 16.8 Å². The fourth-order valence-electron chi connectivity index (χ4n) is 3.44. The number of hydrogen-bond acceptors (Lipinski definition) is 3. The van der Waals surface area contributed by atoms with E-state index in [0.717, 1.165) is 12.1 Å². The van der Waals surface area contributed by atoms with Gasteiger partial charge < -0.3 is 15.4 Å². The maximum absolute atomic E-state index is 14.3. The summed E-state index contributed by atoms with van der Waals surface area (Å²) in [4.78, 5) is 25.1. The van der Waals surface area contributed by atoms with E-state index in [1.54, 1.807) is 6.07 Å². The molecule has 5 nitrogen and oxygen atoms in total. The molecule has 3 aromatic rings. The highest BCUT2D eigenvalue weighted by molar-refractivity contribution is 6.07. The van der Waals surface area contributed by atoms with E-state index in [-0.39, 0.29) is 16.8 Å². The highest BCUT2D eigenvalue weighted by Crippen LogP contribution is 2.58. The van der Waals surface area contributed by atoms with Crippen molar-refractivity contribution < 1.29 is 67.0 Å². The molecule has 0 heterocycles. The average molecular weight is 646 g/mol. The predicted octanol–water partition coefficient (Wildman–Crippen LogP) is 8.01. The number of ether oxygens (including phenoxy) is 1. The van der Waals surface area contributed by atoms with Crippen LogP contribution in [0.4, 0.5) is 64.1 Å². The smallest absolute Gasteiger partial charge is 0.384 e. The van der Waals surface area contributed by atoms with Crippen LogP contribution in [0.1, 0.15) is 20.7 Å². The number of halogens is 12. The fourth-order valence-corrected chi connectivity index (χ4v) is 3.44. The summed E-state index contributed by atoms with van der Waals surface area (Å²) in [5, 5.41) is 4.51. The minimum absolute atomic E-state index is 0.0455. The Kier molecular flexibility index (Phi) is 9.50. The Hall–Kier alpha value is -4.44. The second-order valence-electron chi connectivity index (χ2n) is 8.99. The lowest BCUT2D eigenvalue weighted by Crippen LogP contribution is -2.69. The van der Waals surface area contributed by atoms with E-state index in [0.29, 0.717) is 6.07 Å². The number of carbonyl (C=O) groups is 2. The van der Waals surface area contributed by atoms with Crippen molar-refractivity contribution in [3.63, 3.8) is 0 Å². The second kappa shape index (κ2) is 12.3. The first kappa shape index (κ1) is 34.1. The number of benzene rings is 3. The van der Waals surface area contributed by atoms with Gasteiger partial charge in [-0.15, -0.1) is 0 Å². The summed E-state index contributed by atoms with van der Waals surface area (Å²) in [7, 11) is 0. The van der Waals surface area contributed by atoms with Crippen LogP contribution in [0.25, 0.3) is 0 Å². The molecule has 0 saturated heterocycles. The van der Waals surface area contributed by atoms with Gasteiger partial charge in [0.15, 0.2) is 6.61 Å². The number of amides is 2. The zero-order valence-electron chi connectivity index (χ0n) is 21.6. The number of nitrogens with one attached hydrogen (secondary N) is 2. The van der Waals surface area contributed by atoms with Gasteiger partial charge in [-0.2, -0.15) is 43.9 Å². The highest BCUT2D eigenvalue weighted by Gasteiger charge is 2.87. The molecule has 0 atom stereocenters. The normalized spacial score (nSPS) is 13.0. The van der Waals surface area contributed by atoms with Gasteiger partial charge in [0.05, 0.1) is 5.69 Å². The van der Waals surface area contributed by atoms with Gasteiger partial charge in [0.2, 0.25) is 0 Å². The first-order chi connectivity index (χ1) is 20.3. The molecule has 3 rings (SSSR count). The molecule has 0 saturated carbocycles. The molecule has 0 aliphatic heterocycles. The number of carbonyl (C=O) groups excluding carboxylic acids is 2. The maximum Gasteiger partial charge on any atom is 0.384 e. The van der Waals surface area contributed by atoms with Crippen molar-refractivity contribution in [3.8, 4) is 5.75 Å². The number of hydrogen-bond donors (Lipinski definition) is 2. The van der Waals surface area contributed by atoms with Gasteiger partial charge in [-0.05, 0) is 42.5 Å². The number of anilines is 2. The summed E-state index contributed by atoms with van der Waals surface area (Å²) >= 11 is 0. The molecule has 0 bridgehead atoms. The Bertz CT molecular complexity index is 1470. The van der Waals surface area contributed by atoms with Gasteiger partial charge in [-0.3, -0.25) is 9.59 Å². The molecular formula is C27H18F12N2O3. The Morgan fingerprint density at radius 2 is 1.11 bits per heavy atom. The Labute approximate surface area is 239 Å². The van der Waals surface area contributed by atoms with Crippen LogP contribution >= 0.6 is 0 Å². The molecule has 17 heteroatoms. The van der Waals surface area contributed by atoms with Crippen molar-refractivity contribution >= 4 is 23.2 Å². The molecule has 0 aliphatic rings. The maximum atomic E-state index is 14.3. The summed E-state index contributed by atoms with van der Waals surface area (Å²) < 4.78 is 167. The first-order valence-electron chi connectivity index (χ1n) is 11.9. The van der Waals surface area contributed by atoms with Gasteiger partial charge in [0.1, 0.15) is 5.75 Å². The van der Waals surface area contributed by atoms with Crippen LogP contribution in [-0.4, -0.2) is 54.5 Å². The van der Waals surface area contributed by atoms with E-state index < -0.39 is 65.9 Å². The van der Waals surface area contributed by atoms with E-state index >= 15 is 0 Å². The molecule has 0 aromatic heterocycles. The highest BCUT2D eigenvalue weighted by atomic mass is 19.4. The third-order valence-electron chi connectivity index (χ3n) is 5.91. The van der Waals surface area contributed by atoms with Crippen molar-refractivity contribution in [2.75, 3.05) is 17.2 Å². The molecule has 238 valence electrons. The van der Waals surface area contributed by atoms with Gasteiger partial charge in [-0.25, -0.2) is 8.78 Å². The van der Waals surface area contributed by atoms with E-state index in [4.69, 9.17) is 0 Å². The van der Waals surface area contributed by atoms with Crippen molar-refractivity contribution in [3.05, 3.63) is 90.0 Å². The molecule has 0 aliphatic carbocycles. The van der Waals surface area contributed by atoms with Crippen LogP contribution in [0.15, 0.2) is 78.9 Å². The monoisotopic (exact) mass is 646 g/mol. The van der Waals surface area contributed by atoms with Crippen molar-refractivity contribution in [1.82, 2.24) is 0 Å². The first-order valence-corrected chi connectivity index (χ1v) is 11.9. The van der Waals surface area contributed by atoms with Crippen LogP contribution in [0.2, 0.25) is 0 Å². The number of rotatable bonds is 12. The zero-order chi connectivity index (χ0) is 33.1. The molecule has 0 spiro atoms. The minimum Gasteiger partial charge on any atom is -0.485 e. The van der Waals surface area contributed by atoms with Crippen LogP contribution in [-0.2, 0) is 0 Å². The summed E-state index contributed by atoms with van der Waals surface area (Å²) in [6.07, 6.45) is -5.62. The largest absolute Gasteiger partial charge is 0.485 e. The molecule has 3 aromatic carbocycles. The number of alkyl halides is 12. The molecular weight excluding hydrogens is 628 g/mol. The zero-order valence-corrected chi connectivity index (χ0v) is 21.6. The van der Waals surface area contributed by atoms with Crippen molar-refractivity contribution in [2.24, 2.45) is 0 Å². The van der Waals surface area contributed by atoms with E-state index in [2.05, 4.69) is 15.4 Å². The summed E-state index contributed by atoms with van der Waals surface area (Å²) in [6.45, 7) is -2.89. The Morgan fingerprint density at radius 1 is 0.636 bits per heavy atom. The minimum atomic E-state index is -7.72. The topological polar surface area (TPSA) is 67.4 Å². The quantitative estimate of drug-likeness (QED) is 0.196. The summed E-state index contributed by atoms with van der Waals surface area (Å²) in [5.41, 5.74) is -0.687. The Balaban J connectivity index is 1.93. The fraction of sp³-hybridized carbons (Fsp3) is 0.259. The standard InChI is InChI=1S/C27H18F12N2O3/c28-22(29)24(32,33)26(36,37)27(38,39)25(34,35)23(30,31)14-44-19-12-11-17(40-20(42)15-7-3-1-4-8-15)13-18(19)41-21(43)16-9-5-2-6-10-16/h1-13,22H,14H2,(H,40,42)(H,41,43). The average Bonchev–Trinajstić information content (AvgIpc) is 2.97. The van der Waals surface area contributed by atoms with Crippen LogP contribution < -0.4 is 15.4 Å². The van der Waals surface area contributed by atoms with E-state index in [9.17, 15) is 62.3 Å². The lowest BCUT2D eigenvalue weighted by molar-refractivity contribution is -0.414. The molecule has 2 N–H and O–H groups in total. The third kappa shape index (κ3) is 6.40. The SMILES string of the molecule is O=C(Nc1ccc(OCC(F)(F)C(F)(F)C(F)(F)C(F)(F)C(F)(F)C(F)F)c(NC(=O)c2ccccc2)c1)c1ccccc1. The predicted molar refractivity (Wildman–Crippen MR) is 131 cm³/mol. The lowest BCUT2D eigenvalue weighted by Gasteiger charge is -2.39. The lowest BCUT2D eigenvalue weighted by atomic mass is 9.94. The molecule has 0 radical (unpaired) electrons.